The minimum absolute atomic E-state index is 0.0989. The number of nitrogens with one attached hydrogen (secondary N) is 1. The zero-order valence-electron chi connectivity index (χ0n) is 10.1. The molecule has 5 nitrogen and oxygen atoms in total. The van der Waals surface area contributed by atoms with Crippen LogP contribution in [-0.4, -0.2) is 21.7 Å². The molecule has 0 fully saturated rings. The maximum absolute atomic E-state index is 11.7. The number of carbonyl (C=O) groups excluding carboxylic acids is 1. The van der Waals surface area contributed by atoms with Gasteiger partial charge < -0.3 is 11.1 Å². The molecule has 5 heteroatoms. The molecule has 3 N–H and O–H groups in total. The van der Waals surface area contributed by atoms with Crippen LogP contribution >= 0.6 is 0 Å². The van der Waals surface area contributed by atoms with Crippen molar-refractivity contribution in [2.45, 2.75) is 32.9 Å². The highest BCUT2D eigenvalue weighted by atomic mass is 16.2. The summed E-state index contributed by atoms with van der Waals surface area (Å²) in [6.45, 7) is 4.49. The van der Waals surface area contributed by atoms with Crippen LogP contribution < -0.4 is 11.1 Å². The first-order chi connectivity index (χ1) is 7.54. The van der Waals surface area contributed by atoms with Crippen LogP contribution in [0.1, 0.15) is 25.8 Å². The molecule has 2 unspecified atom stereocenters. The average molecular weight is 224 g/mol. The highest BCUT2D eigenvalue weighted by Crippen LogP contribution is 2.05. The molecule has 1 heterocycles. The van der Waals surface area contributed by atoms with Crippen LogP contribution in [0, 0.1) is 5.92 Å². The molecule has 1 aromatic heterocycles. The Morgan fingerprint density at radius 1 is 1.69 bits per heavy atom. The molecule has 90 valence electrons. The van der Waals surface area contributed by atoms with Crippen molar-refractivity contribution in [2.75, 3.05) is 0 Å². The largest absolute Gasteiger partial charge is 0.351 e. The Morgan fingerprint density at radius 3 is 2.88 bits per heavy atom. The molecular formula is C11H20N4O. The summed E-state index contributed by atoms with van der Waals surface area (Å²) in [6, 6.07) is -0.429. The Kier molecular flexibility index (Phi) is 4.49. The maximum Gasteiger partial charge on any atom is 0.237 e. The number of carbonyl (C=O) groups is 1. The van der Waals surface area contributed by atoms with E-state index in [-0.39, 0.29) is 11.8 Å². The van der Waals surface area contributed by atoms with Crippen LogP contribution in [0.15, 0.2) is 12.4 Å². The molecule has 0 saturated heterocycles. The molecule has 2 atom stereocenters. The van der Waals surface area contributed by atoms with Gasteiger partial charge in [0.1, 0.15) is 0 Å². The van der Waals surface area contributed by atoms with Crippen molar-refractivity contribution in [3.05, 3.63) is 18.0 Å². The lowest BCUT2D eigenvalue weighted by atomic mass is 9.99. The highest BCUT2D eigenvalue weighted by molar-refractivity contribution is 5.81. The maximum atomic E-state index is 11.7. The molecule has 0 aliphatic rings. The van der Waals surface area contributed by atoms with Gasteiger partial charge in [0.2, 0.25) is 5.91 Å². The minimum atomic E-state index is -0.429. The second-order valence-electron chi connectivity index (χ2n) is 4.15. The van der Waals surface area contributed by atoms with E-state index in [0.29, 0.717) is 6.54 Å². The van der Waals surface area contributed by atoms with Crippen LogP contribution in [0.5, 0.6) is 0 Å². The molecule has 0 aliphatic carbocycles. The van der Waals surface area contributed by atoms with E-state index in [1.807, 2.05) is 27.1 Å². The van der Waals surface area contributed by atoms with E-state index in [1.165, 1.54) is 0 Å². The fourth-order valence-electron chi connectivity index (χ4n) is 1.38. The third kappa shape index (κ3) is 3.34. The minimum Gasteiger partial charge on any atom is -0.351 e. The molecule has 1 aromatic rings. The first-order valence-corrected chi connectivity index (χ1v) is 5.55. The zero-order valence-corrected chi connectivity index (χ0v) is 10.1. The Morgan fingerprint density at radius 2 is 2.38 bits per heavy atom. The van der Waals surface area contributed by atoms with Gasteiger partial charge in [-0.25, -0.2) is 0 Å². The van der Waals surface area contributed by atoms with E-state index in [4.69, 9.17) is 5.73 Å². The molecule has 16 heavy (non-hydrogen) atoms. The predicted molar refractivity (Wildman–Crippen MR) is 62.5 cm³/mol. The molecule has 0 spiro atoms. The molecule has 1 amide bonds. The van der Waals surface area contributed by atoms with Gasteiger partial charge in [0.25, 0.3) is 0 Å². The van der Waals surface area contributed by atoms with Crippen LogP contribution in [0.4, 0.5) is 0 Å². The zero-order chi connectivity index (χ0) is 12.1. The van der Waals surface area contributed by atoms with Gasteiger partial charge in [-0.1, -0.05) is 20.3 Å². The van der Waals surface area contributed by atoms with E-state index in [1.54, 1.807) is 10.9 Å². The summed E-state index contributed by atoms with van der Waals surface area (Å²) < 4.78 is 1.70. The summed E-state index contributed by atoms with van der Waals surface area (Å²) in [5.74, 6) is 0.104. The van der Waals surface area contributed by atoms with Crippen LogP contribution in [0.25, 0.3) is 0 Å². The monoisotopic (exact) mass is 224 g/mol. The van der Waals surface area contributed by atoms with E-state index in [2.05, 4.69) is 10.4 Å². The van der Waals surface area contributed by atoms with Crippen molar-refractivity contribution >= 4 is 5.91 Å². The van der Waals surface area contributed by atoms with Gasteiger partial charge in [0.15, 0.2) is 0 Å². The lowest BCUT2D eigenvalue weighted by Gasteiger charge is -2.17. The Hall–Kier alpha value is -1.36. The number of rotatable bonds is 5. The molecule has 1 rings (SSSR count). The second-order valence-corrected chi connectivity index (χ2v) is 4.15. The molecule has 0 aromatic carbocycles. The highest BCUT2D eigenvalue weighted by Gasteiger charge is 2.18. The number of aryl methyl sites for hydroxylation is 1. The van der Waals surface area contributed by atoms with Gasteiger partial charge in [0, 0.05) is 25.4 Å². The normalized spacial score (nSPS) is 14.5. The van der Waals surface area contributed by atoms with Crippen LogP contribution in [0.3, 0.4) is 0 Å². The van der Waals surface area contributed by atoms with Gasteiger partial charge in [-0.2, -0.15) is 5.10 Å². The first kappa shape index (κ1) is 12.7. The summed E-state index contributed by atoms with van der Waals surface area (Å²) in [5.41, 5.74) is 6.79. The standard InChI is InChI=1S/C11H20N4O/c1-4-8(2)10(12)11(16)13-5-9-6-14-15(3)7-9/h6-8,10H,4-5,12H2,1-3H3,(H,13,16). The molecule has 0 bridgehead atoms. The number of nitrogens with zero attached hydrogens (tertiary/aromatic N) is 2. The number of hydrogen-bond acceptors (Lipinski definition) is 3. The van der Waals surface area contributed by atoms with E-state index < -0.39 is 6.04 Å². The molecule has 0 aliphatic heterocycles. The third-order valence-corrected chi connectivity index (χ3v) is 2.78. The number of hydrogen-bond donors (Lipinski definition) is 2. The molecule has 0 radical (unpaired) electrons. The van der Waals surface area contributed by atoms with Gasteiger partial charge in [0.05, 0.1) is 12.2 Å². The fraction of sp³-hybridized carbons (Fsp3) is 0.636. The van der Waals surface area contributed by atoms with E-state index in [9.17, 15) is 4.79 Å². The lowest BCUT2D eigenvalue weighted by molar-refractivity contribution is -0.123. The summed E-state index contributed by atoms with van der Waals surface area (Å²) in [4.78, 5) is 11.7. The number of aromatic nitrogens is 2. The van der Waals surface area contributed by atoms with Crippen molar-refractivity contribution in [2.24, 2.45) is 18.7 Å². The van der Waals surface area contributed by atoms with E-state index >= 15 is 0 Å². The van der Waals surface area contributed by atoms with Crippen molar-refractivity contribution in [1.82, 2.24) is 15.1 Å². The van der Waals surface area contributed by atoms with Crippen molar-refractivity contribution in [1.29, 1.82) is 0 Å². The van der Waals surface area contributed by atoms with Gasteiger partial charge >= 0.3 is 0 Å². The Bertz CT molecular complexity index is 348. The first-order valence-electron chi connectivity index (χ1n) is 5.55. The SMILES string of the molecule is CCC(C)C(N)C(=O)NCc1cnn(C)c1. The van der Waals surface area contributed by atoms with Gasteiger partial charge in [-0.3, -0.25) is 9.48 Å². The average Bonchev–Trinajstić information content (AvgIpc) is 2.69. The Labute approximate surface area is 96.0 Å². The number of amides is 1. The molecular weight excluding hydrogens is 204 g/mol. The summed E-state index contributed by atoms with van der Waals surface area (Å²) in [7, 11) is 1.84. The fourth-order valence-corrected chi connectivity index (χ4v) is 1.38. The summed E-state index contributed by atoms with van der Waals surface area (Å²) >= 11 is 0. The summed E-state index contributed by atoms with van der Waals surface area (Å²) in [5, 5.41) is 6.83. The van der Waals surface area contributed by atoms with Gasteiger partial charge in [-0.05, 0) is 5.92 Å². The molecule has 0 saturated carbocycles. The quantitative estimate of drug-likeness (QED) is 0.761. The van der Waals surface area contributed by atoms with Crippen molar-refractivity contribution < 1.29 is 4.79 Å². The smallest absolute Gasteiger partial charge is 0.237 e. The van der Waals surface area contributed by atoms with Crippen LogP contribution in [0.2, 0.25) is 0 Å². The third-order valence-electron chi connectivity index (χ3n) is 2.78. The lowest BCUT2D eigenvalue weighted by Crippen LogP contribution is -2.44. The number of nitrogens with two attached hydrogens (primary N) is 1. The van der Waals surface area contributed by atoms with Crippen molar-refractivity contribution in [3.63, 3.8) is 0 Å². The summed E-state index contributed by atoms with van der Waals surface area (Å²) in [6.07, 6.45) is 4.51. The second kappa shape index (κ2) is 5.65. The predicted octanol–water partition coefficient (Wildman–Crippen LogP) is 0.410. The van der Waals surface area contributed by atoms with Crippen LogP contribution in [-0.2, 0) is 18.4 Å². The topological polar surface area (TPSA) is 72.9 Å². The van der Waals surface area contributed by atoms with Gasteiger partial charge in [-0.15, -0.1) is 0 Å². The van der Waals surface area contributed by atoms with Crippen molar-refractivity contribution in [3.8, 4) is 0 Å². The van der Waals surface area contributed by atoms with E-state index in [0.717, 1.165) is 12.0 Å². The Balaban J connectivity index is 2.40.